The Bertz CT molecular complexity index is 687. The maximum atomic E-state index is 12.7. The molecule has 0 spiro atoms. The van der Waals surface area contributed by atoms with Gasteiger partial charge in [-0.05, 0) is 44.7 Å². The summed E-state index contributed by atoms with van der Waals surface area (Å²) in [5, 5.41) is 3.09. The van der Waals surface area contributed by atoms with Crippen molar-refractivity contribution in [2.75, 3.05) is 25.4 Å². The van der Waals surface area contributed by atoms with Crippen LogP contribution in [-0.2, 0) is 10.0 Å². The normalized spacial score (nSPS) is 22.9. The minimum Gasteiger partial charge on any atom is -0.335 e. The lowest BCUT2D eigenvalue weighted by molar-refractivity contribution is 0.181. The zero-order chi connectivity index (χ0) is 17.9. The highest BCUT2D eigenvalue weighted by Gasteiger charge is 2.33. The smallest absolute Gasteiger partial charge is 0.318 e. The van der Waals surface area contributed by atoms with Crippen LogP contribution in [0.3, 0.4) is 0 Å². The van der Waals surface area contributed by atoms with E-state index in [1.165, 1.54) is 4.31 Å². The Morgan fingerprint density at radius 3 is 2.64 bits per heavy atom. The molecule has 2 aliphatic heterocycles. The number of sulfonamides is 1. The second-order valence-corrected chi connectivity index (χ2v) is 8.89. The molecular weight excluding hydrogens is 340 g/mol. The maximum Gasteiger partial charge on any atom is 0.318 e. The highest BCUT2D eigenvalue weighted by Crippen LogP contribution is 2.30. The molecule has 0 aromatic carbocycles. The largest absolute Gasteiger partial charge is 0.335 e. The van der Waals surface area contributed by atoms with E-state index in [1.807, 2.05) is 23.1 Å². The molecule has 2 amide bonds. The van der Waals surface area contributed by atoms with Gasteiger partial charge >= 0.3 is 6.03 Å². The molecular formula is C17H26N4O3S. The van der Waals surface area contributed by atoms with E-state index >= 15 is 0 Å². The molecule has 2 saturated heterocycles. The molecule has 7 nitrogen and oxygen atoms in total. The fraction of sp³-hybridized carbons (Fsp3) is 0.647. The summed E-state index contributed by atoms with van der Waals surface area (Å²) in [6.45, 7) is 3.35. The Kier molecular flexibility index (Phi) is 5.58. The molecule has 3 heterocycles. The quantitative estimate of drug-likeness (QED) is 0.880. The average Bonchev–Trinajstić information content (AvgIpc) is 3.13. The van der Waals surface area contributed by atoms with E-state index in [2.05, 4.69) is 10.3 Å². The predicted octanol–water partition coefficient (Wildman–Crippen LogP) is 1.74. The molecule has 138 valence electrons. The summed E-state index contributed by atoms with van der Waals surface area (Å²) in [6, 6.07) is 5.78. The summed E-state index contributed by atoms with van der Waals surface area (Å²) >= 11 is 0. The lowest BCUT2D eigenvalue weighted by Crippen LogP contribution is -2.50. The topological polar surface area (TPSA) is 82.6 Å². The first-order chi connectivity index (χ1) is 12.0. The molecule has 3 rings (SSSR count). The molecule has 25 heavy (non-hydrogen) atoms. The summed E-state index contributed by atoms with van der Waals surface area (Å²) in [5.74, 6) is 0.129. The SMILES string of the molecule is CCS(=O)(=O)N1CCC(NC(=O)N2CCCC2c2ccccn2)CC1. The van der Waals surface area contributed by atoms with Crippen LogP contribution in [0.25, 0.3) is 0 Å². The standard InChI is InChI=1S/C17H26N4O3S/c1-2-25(23,24)20-12-8-14(9-13-20)19-17(22)21-11-5-7-16(21)15-6-3-4-10-18-15/h3-4,6,10,14,16H,2,5,7-9,11-13H2,1H3,(H,19,22). The lowest BCUT2D eigenvalue weighted by Gasteiger charge is -2.33. The number of hydrogen-bond acceptors (Lipinski definition) is 4. The third-order valence-electron chi connectivity index (χ3n) is 5.08. The summed E-state index contributed by atoms with van der Waals surface area (Å²) < 4.78 is 25.4. The predicted molar refractivity (Wildman–Crippen MR) is 95.5 cm³/mol. The number of aromatic nitrogens is 1. The molecule has 0 saturated carbocycles. The van der Waals surface area contributed by atoms with Crippen molar-refractivity contribution in [2.24, 2.45) is 0 Å². The van der Waals surface area contributed by atoms with Gasteiger partial charge in [0, 0.05) is 31.9 Å². The first-order valence-electron chi connectivity index (χ1n) is 8.97. The van der Waals surface area contributed by atoms with E-state index in [0.29, 0.717) is 25.9 Å². The third kappa shape index (κ3) is 4.12. The molecule has 1 N–H and O–H groups in total. The van der Waals surface area contributed by atoms with Gasteiger partial charge < -0.3 is 10.2 Å². The second kappa shape index (κ2) is 7.70. The summed E-state index contributed by atoms with van der Waals surface area (Å²) in [5.41, 5.74) is 0.930. The molecule has 2 aliphatic rings. The zero-order valence-electron chi connectivity index (χ0n) is 14.6. The van der Waals surface area contributed by atoms with Crippen molar-refractivity contribution < 1.29 is 13.2 Å². The van der Waals surface area contributed by atoms with Crippen molar-refractivity contribution in [2.45, 2.75) is 44.7 Å². The first-order valence-corrected chi connectivity index (χ1v) is 10.6. The van der Waals surface area contributed by atoms with Gasteiger partial charge in [0.05, 0.1) is 17.5 Å². The Morgan fingerprint density at radius 1 is 1.24 bits per heavy atom. The minimum absolute atomic E-state index is 0.0285. The van der Waals surface area contributed by atoms with E-state index in [-0.39, 0.29) is 23.9 Å². The van der Waals surface area contributed by atoms with Crippen LogP contribution in [0, 0.1) is 0 Å². The average molecular weight is 366 g/mol. The highest BCUT2D eigenvalue weighted by molar-refractivity contribution is 7.89. The van der Waals surface area contributed by atoms with Crippen molar-refractivity contribution in [3.63, 3.8) is 0 Å². The number of nitrogens with zero attached hydrogens (tertiary/aromatic N) is 3. The van der Waals surface area contributed by atoms with Crippen molar-refractivity contribution >= 4 is 16.1 Å². The van der Waals surface area contributed by atoms with Crippen molar-refractivity contribution in [1.29, 1.82) is 0 Å². The number of carbonyl (C=O) groups is 1. The molecule has 8 heteroatoms. The maximum absolute atomic E-state index is 12.7. The van der Waals surface area contributed by atoms with Crippen molar-refractivity contribution in [3.05, 3.63) is 30.1 Å². The fourth-order valence-corrected chi connectivity index (χ4v) is 4.74. The molecule has 0 bridgehead atoms. The molecule has 2 fully saturated rings. The van der Waals surface area contributed by atoms with Crippen LogP contribution in [0.4, 0.5) is 4.79 Å². The Hall–Kier alpha value is -1.67. The van der Waals surface area contributed by atoms with Crippen molar-refractivity contribution in [1.82, 2.24) is 19.5 Å². The van der Waals surface area contributed by atoms with E-state index in [0.717, 1.165) is 25.1 Å². The number of amides is 2. The molecule has 0 aliphatic carbocycles. The number of likely N-dealkylation sites (tertiary alicyclic amines) is 1. The molecule has 1 aromatic heterocycles. The number of nitrogens with one attached hydrogen (secondary N) is 1. The number of piperidine rings is 1. The molecule has 1 atom stereocenters. The van der Waals surface area contributed by atoms with Crippen LogP contribution < -0.4 is 5.32 Å². The first kappa shape index (κ1) is 18.1. The number of hydrogen-bond donors (Lipinski definition) is 1. The van der Waals surface area contributed by atoms with Gasteiger partial charge in [-0.1, -0.05) is 6.07 Å². The van der Waals surface area contributed by atoms with Crippen LogP contribution >= 0.6 is 0 Å². The van der Waals surface area contributed by atoms with E-state index in [1.54, 1.807) is 13.1 Å². The van der Waals surface area contributed by atoms with E-state index in [9.17, 15) is 13.2 Å². The van der Waals surface area contributed by atoms with Gasteiger partial charge in [-0.15, -0.1) is 0 Å². The van der Waals surface area contributed by atoms with Gasteiger partial charge in [0.1, 0.15) is 0 Å². The van der Waals surface area contributed by atoms with Gasteiger partial charge in [0.15, 0.2) is 0 Å². The molecule has 1 aromatic rings. The lowest BCUT2D eigenvalue weighted by atomic mass is 10.1. The van der Waals surface area contributed by atoms with Crippen LogP contribution in [0.1, 0.15) is 44.3 Å². The van der Waals surface area contributed by atoms with Gasteiger partial charge in [0.2, 0.25) is 10.0 Å². The fourth-order valence-electron chi connectivity index (χ4n) is 3.61. The van der Waals surface area contributed by atoms with Crippen LogP contribution in [0.15, 0.2) is 24.4 Å². The third-order valence-corrected chi connectivity index (χ3v) is 6.96. The summed E-state index contributed by atoms with van der Waals surface area (Å²) in [6.07, 6.45) is 4.98. The van der Waals surface area contributed by atoms with Crippen LogP contribution in [0.5, 0.6) is 0 Å². The number of rotatable bonds is 4. The number of urea groups is 1. The monoisotopic (exact) mass is 366 g/mol. The van der Waals surface area contributed by atoms with Gasteiger partial charge in [-0.2, -0.15) is 0 Å². The Morgan fingerprint density at radius 2 is 2.00 bits per heavy atom. The van der Waals surface area contributed by atoms with E-state index < -0.39 is 10.0 Å². The van der Waals surface area contributed by atoms with Gasteiger partial charge in [-0.25, -0.2) is 17.5 Å². The molecule has 0 radical (unpaired) electrons. The van der Waals surface area contributed by atoms with Gasteiger partial charge in [0.25, 0.3) is 0 Å². The highest BCUT2D eigenvalue weighted by atomic mass is 32.2. The Balaban J connectivity index is 1.56. The zero-order valence-corrected chi connectivity index (χ0v) is 15.4. The second-order valence-electron chi connectivity index (χ2n) is 6.63. The van der Waals surface area contributed by atoms with E-state index in [4.69, 9.17) is 0 Å². The van der Waals surface area contributed by atoms with Gasteiger partial charge in [-0.3, -0.25) is 4.98 Å². The van der Waals surface area contributed by atoms with Crippen LogP contribution in [0.2, 0.25) is 0 Å². The van der Waals surface area contributed by atoms with Crippen molar-refractivity contribution in [3.8, 4) is 0 Å². The van der Waals surface area contributed by atoms with Crippen LogP contribution in [-0.4, -0.2) is 60.1 Å². The number of carbonyl (C=O) groups excluding carboxylic acids is 1. The Labute approximate surface area is 149 Å². The summed E-state index contributed by atoms with van der Waals surface area (Å²) in [7, 11) is -3.13. The minimum atomic E-state index is -3.13. The number of pyridine rings is 1. The summed E-state index contributed by atoms with van der Waals surface area (Å²) in [4.78, 5) is 18.9. The molecule has 1 unspecified atom stereocenters.